The summed E-state index contributed by atoms with van der Waals surface area (Å²) in [7, 11) is 0. The summed E-state index contributed by atoms with van der Waals surface area (Å²) >= 11 is 0. The summed E-state index contributed by atoms with van der Waals surface area (Å²) in [5.74, 6) is 0.329. The Labute approximate surface area is 141 Å². The number of nitrogens with zero attached hydrogens (tertiary/aromatic N) is 2. The third-order valence-corrected chi connectivity index (χ3v) is 5.55. The van der Waals surface area contributed by atoms with Crippen LogP contribution in [0.3, 0.4) is 0 Å². The van der Waals surface area contributed by atoms with E-state index in [0.29, 0.717) is 19.6 Å². The number of nitrogens with one attached hydrogen (secondary N) is 3. The van der Waals surface area contributed by atoms with Gasteiger partial charge < -0.3 is 9.80 Å². The molecular formula is C17H23N5O2. The Morgan fingerprint density at radius 3 is 2.46 bits per heavy atom. The molecule has 3 aliphatic rings. The van der Waals surface area contributed by atoms with E-state index >= 15 is 0 Å². The summed E-state index contributed by atoms with van der Waals surface area (Å²) < 4.78 is 0. The van der Waals surface area contributed by atoms with Crippen molar-refractivity contribution >= 4 is 17.5 Å². The van der Waals surface area contributed by atoms with E-state index in [-0.39, 0.29) is 23.3 Å². The average Bonchev–Trinajstić information content (AvgIpc) is 3.26. The van der Waals surface area contributed by atoms with Gasteiger partial charge >= 0.3 is 0 Å². The molecule has 3 N–H and O–H groups in total. The van der Waals surface area contributed by atoms with Crippen LogP contribution in [-0.2, 0) is 9.59 Å². The van der Waals surface area contributed by atoms with Gasteiger partial charge in [-0.05, 0) is 31.4 Å². The van der Waals surface area contributed by atoms with Gasteiger partial charge in [-0.25, -0.2) is 10.9 Å². The Morgan fingerprint density at radius 1 is 1.08 bits per heavy atom. The summed E-state index contributed by atoms with van der Waals surface area (Å²) in [6.07, 6.45) is 2.40. The zero-order chi connectivity index (χ0) is 16.6. The SMILES string of the molecule is O=C(C1CNNN1)N1CCC2(CC1)CCN(c1ccccc1)C2=O. The predicted octanol–water partition coefficient (Wildman–Crippen LogP) is 0.0131. The van der Waals surface area contributed by atoms with E-state index in [1.165, 1.54) is 0 Å². The fraction of sp³-hybridized carbons (Fsp3) is 0.529. The van der Waals surface area contributed by atoms with E-state index in [1.807, 2.05) is 40.1 Å². The smallest absolute Gasteiger partial charge is 0.242 e. The molecule has 7 nitrogen and oxygen atoms in total. The topological polar surface area (TPSA) is 76.7 Å². The molecule has 128 valence electrons. The zero-order valence-electron chi connectivity index (χ0n) is 13.6. The van der Waals surface area contributed by atoms with Crippen molar-refractivity contribution in [3.8, 4) is 0 Å². The van der Waals surface area contributed by atoms with Crippen molar-refractivity contribution in [3.05, 3.63) is 30.3 Å². The van der Waals surface area contributed by atoms with Crippen molar-refractivity contribution in [2.24, 2.45) is 5.41 Å². The molecule has 3 heterocycles. The average molecular weight is 329 g/mol. The molecule has 24 heavy (non-hydrogen) atoms. The van der Waals surface area contributed by atoms with Crippen LogP contribution in [0.4, 0.5) is 5.69 Å². The lowest BCUT2D eigenvalue weighted by Crippen LogP contribution is -2.52. The molecule has 3 fully saturated rings. The van der Waals surface area contributed by atoms with Crippen LogP contribution in [0, 0.1) is 5.41 Å². The van der Waals surface area contributed by atoms with Gasteiger partial charge in [0, 0.05) is 31.9 Å². The molecule has 2 amide bonds. The van der Waals surface area contributed by atoms with Crippen LogP contribution in [0.15, 0.2) is 30.3 Å². The van der Waals surface area contributed by atoms with Crippen LogP contribution in [0.25, 0.3) is 0 Å². The number of carbonyl (C=O) groups excluding carboxylic acids is 2. The van der Waals surface area contributed by atoms with Gasteiger partial charge in [-0.1, -0.05) is 18.2 Å². The van der Waals surface area contributed by atoms with Crippen LogP contribution < -0.4 is 21.3 Å². The van der Waals surface area contributed by atoms with Gasteiger partial charge in [0.2, 0.25) is 11.8 Å². The van der Waals surface area contributed by atoms with Crippen molar-refractivity contribution in [2.45, 2.75) is 25.3 Å². The monoisotopic (exact) mass is 329 g/mol. The number of likely N-dealkylation sites (tertiary alicyclic amines) is 1. The van der Waals surface area contributed by atoms with Gasteiger partial charge in [0.1, 0.15) is 6.04 Å². The van der Waals surface area contributed by atoms with Crippen molar-refractivity contribution in [1.29, 1.82) is 0 Å². The third kappa shape index (κ3) is 2.58. The van der Waals surface area contributed by atoms with Crippen LogP contribution in [0.1, 0.15) is 19.3 Å². The second-order valence-corrected chi connectivity index (χ2v) is 6.85. The molecule has 0 aliphatic carbocycles. The number of para-hydroxylation sites is 1. The Kier molecular flexibility index (Phi) is 3.99. The lowest BCUT2D eigenvalue weighted by molar-refractivity contribution is -0.138. The first-order valence-corrected chi connectivity index (χ1v) is 8.59. The van der Waals surface area contributed by atoms with Crippen LogP contribution in [-0.4, -0.2) is 48.9 Å². The number of hydrogen-bond acceptors (Lipinski definition) is 5. The molecule has 0 radical (unpaired) electrons. The highest BCUT2D eigenvalue weighted by Crippen LogP contribution is 2.43. The second-order valence-electron chi connectivity index (χ2n) is 6.85. The Bertz CT molecular complexity index is 621. The number of benzene rings is 1. The molecule has 0 aromatic heterocycles. The lowest BCUT2D eigenvalue weighted by Gasteiger charge is -2.38. The maximum atomic E-state index is 13.0. The fourth-order valence-corrected chi connectivity index (χ4v) is 4.01. The molecule has 1 aromatic carbocycles. The fourth-order valence-electron chi connectivity index (χ4n) is 4.01. The minimum absolute atomic E-state index is 0.104. The van der Waals surface area contributed by atoms with E-state index in [0.717, 1.165) is 31.5 Å². The highest BCUT2D eigenvalue weighted by molar-refractivity contribution is 6.00. The zero-order valence-corrected chi connectivity index (χ0v) is 13.6. The normalized spacial score (nSPS) is 26.3. The van der Waals surface area contributed by atoms with Gasteiger partial charge in [-0.2, -0.15) is 5.53 Å². The number of piperidine rings is 1. The molecule has 3 saturated heterocycles. The predicted molar refractivity (Wildman–Crippen MR) is 89.7 cm³/mol. The third-order valence-electron chi connectivity index (χ3n) is 5.55. The van der Waals surface area contributed by atoms with Gasteiger partial charge in [-0.15, -0.1) is 0 Å². The summed E-state index contributed by atoms with van der Waals surface area (Å²) in [5, 5.41) is 0. The van der Waals surface area contributed by atoms with E-state index in [1.54, 1.807) is 0 Å². The van der Waals surface area contributed by atoms with E-state index in [9.17, 15) is 9.59 Å². The van der Waals surface area contributed by atoms with Crippen molar-refractivity contribution in [3.63, 3.8) is 0 Å². The molecule has 0 saturated carbocycles. The van der Waals surface area contributed by atoms with Crippen molar-refractivity contribution in [2.75, 3.05) is 31.1 Å². The summed E-state index contributed by atoms with van der Waals surface area (Å²) in [4.78, 5) is 29.3. The number of hydrogen-bond donors (Lipinski definition) is 3. The standard InChI is InChI=1S/C17H23N5O2/c23-15(14-12-18-20-19-14)21-9-6-17(7-10-21)8-11-22(16(17)24)13-4-2-1-3-5-13/h1-5,14,18-20H,6-12H2. The maximum Gasteiger partial charge on any atom is 0.242 e. The van der Waals surface area contributed by atoms with Crippen LogP contribution in [0.5, 0.6) is 0 Å². The summed E-state index contributed by atoms with van der Waals surface area (Å²) in [6, 6.07) is 9.64. The largest absolute Gasteiger partial charge is 0.341 e. The first-order chi connectivity index (χ1) is 11.7. The number of anilines is 1. The molecule has 1 atom stereocenters. The minimum Gasteiger partial charge on any atom is -0.341 e. The first-order valence-electron chi connectivity index (χ1n) is 8.59. The highest BCUT2D eigenvalue weighted by Gasteiger charge is 2.49. The molecule has 1 aromatic rings. The Hall–Kier alpha value is -1.96. The molecule has 3 aliphatic heterocycles. The number of hydrazine groups is 2. The van der Waals surface area contributed by atoms with E-state index in [4.69, 9.17) is 0 Å². The van der Waals surface area contributed by atoms with Crippen molar-refractivity contribution in [1.82, 2.24) is 21.3 Å². The quantitative estimate of drug-likeness (QED) is 0.713. The molecular weight excluding hydrogens is 306 g/mol. The van der Waals surface area contributed by atoms with Crippen LogP contribution >= 0.6 is 0 Å². The Balaban J connectivity index is 1.41. The second kappa shape index (κ2) is 6.16. The van der Waals surface area contributed by atoms with Crippen molar-refractivity contribution < 1.29 is 9.59 Å². The number of rotatable bonds is 2. The maximum absolute atomic E-state index is 13.0. The van der Waals surface area contributed by atoms with Crippen LogP contribution in [0.2, 0.25) is 0 Å². The first kappa shape index (κ1) is 15.6. The van der Waals surface area contributed by atoms with E-state index < -0.39 is 0 Å². The molecule has 4 rings (SSSR count). The summed E-state index contributed by atoms with van der Waals surface area (Å²) in [6.45, 7) is 2.67. The summed E-state index contributed by atoms with van der Waals surface area (Å²) in [5.41, 5.74) is 9.28. The lowest BCUT2D eigenvalue weighted by atomic mass is 9.77. The minimum atomic E-state index is -0.285. The number of carbonyl (C=O) groups is 2. The molecule has 7 heteroatoms. The Morgan fingerprint density at radius 2 is 1.79 bits per heavy atom. The van der Waals surface area contributed by atoms with Gasteiger partial charge in [-0.3, -0.25) is 9.59 Å². The van der Waals surface area contributed by atoms with Gasteiger partial charge in [0.25, 0.3) is 0 Å². The highest BCUT2D eigenvalue weighted by atomic mass is 16.2. The molecule has 0 bridgehead atoms. The van der Waals surface area contributed by atoms with Gasteiger partial charge in [0.15, 0.2) is 0 Å². The number of amides is 2. The molecule has 1 unspecified atom stereocenters. The molecule has 1 spiro atoms. The van der Waals surface area contributed by atoms with E-state index in [2.05, 4.69) is 16.4 Å². The van der Waals surface area contributed by atoms with Gasteiger partial charge in [0.05, 0.1) is 5.41 Å².